The van der Waals surface area contributed by atoms with Crippen molar-refractivity contribution in [2.75, 3.05) is 11.9 Å². The number of halogens is 3. The summed E-state index contributed by atoms with van der Waals surface area (Å²) in [5.74, 6) is -4.54. The number of benzodiazepines with no additional fused rings is 1. The molecule has 0 fully saturated rings. The maximum atomic E-state index is 14.0. The van der Waals surface area contributed by atoms with E-state index in [1.165, 1.54) is 35.2 Å². The second-order valence-corrected chi connectivity index (χ2v) is 11.0. The number of aliphatic imine (C=N–C) groups is 1. The average molecular weight is 596 g/mol. The fourth-order valence-corrected chi connectivity index (χ4v) is 5.84. The number of carbonyl (C=O) groups excluding carboxylic acids is 3. The molecular weight excluding hydrogens is 567 g/mol. The number of fused-ring (bicyclic) bond motifs is 2. The summed E-state index contributed by atoms with van der Waals surface area (Å²) < 4.78 is 41.4. The van der Waals surface area contributed by atoms with E-state index in [1.807, 2.05) is 18.2 Å². The van der Waals surface area contributed by atoms with Crippen molar-refractivity contribution in [3.8, 4) is 0 Å². The van der Waals surface area contributed by atoms with Crippen molar-refractivity contribution < 1.29 is 27.6 Å². The summed E-state index contributed by atoms with van der Waals surface area (Å²) in [6, 6.07) is 21.4. The molecule has 2 amide bonds. The molecule has 9 heteroatoms. The topological polar surface area (TPSA) is 78.8 Å². The van der Waals surface area contributed by atoms with Crippen molar-refractivity contribution in [2.24, 2.45) is 4.99 Å². The van der Waals surface area contributed by atoms with Gasteiger partial charge in [-0.05, 0) is 72.4 Å². The van der Waals surface area contributed by atoms with Crippen LogP contribution in [0.2, 0.25) is 0 Å². The average Bonchev–Trinajstić information content (AvgIpc) is 3.12. The number of aryl methyl sites for hydroxylation is 1. The van der Waals surface area contributed by atoms with E-state index < -0.39 is 41.3 Å². The number of carbonyl (C=O) groups is 3. The lowest BCUT2D eigenvalue weighted by atomic mass is 9.87. The first kappa shape index (κ1) is 29.0. The molecule has 0 radical (unpaired) electrons. The normalized spacial score (nSPS) is 16.9. The van der Waals surface area contributed by atoms with Crippen LogP contribution in [0.15, 0.2) is 89.9 Å². The smallest absolute Gasteiger partial charge is 0.272 e. The SMILES string of the molecule is CN1C(=O)C(NC(=O)[C@H](Cc2ccc(F)c(F)c2)c2ccc(F)cc2)N=C(c2ccc3c(c2)CCCC3=O)c2ccccc21. The van der Waals surface area contributed by atoms with Gasteiger partial charge >= 0.3 is 0 Å². The Hall–Kier alpha value is -5.05. The second-order valence-electron chi connectivity index (χ2n) is 11.0. The molecule has 4 aromatic rings. The number of benzene rings is 4. The van der Waals surface area contributed by atoms with Crippen LogP contribution in [0.5, 0.6) is 0 Å². The van der Waals surface area contributed by atoms with Crippen LogP contribution in [0.3, 0.4) is 0 Å². The van der Waals surface area contributed by atoms with Gasteiger partial charge in [-0.1, -0.05) is 48.5 Å². The number of nitrogens with zero attached hydrogens (tertiary/aromatic N) is 2. The number of hydrogen-bond donors (Lipinski definition) is 1. The summed E-state index contributed by atoms with van der Waals surface area (Å²) in [6.45, 7) is 0. The van der Waals surface area contributed by atoms with Crippen LogP contribution in [-0.4, -0.2) is 36.5 Å². The molecule has 1 aliphatic heterocycles. The van der Waals surface area contributed by atoms with E-state index in [-0.39, 0.29) is 12.2 Å². The molecule has 0 bridgehead atoms. The zero-order valence-corrected chi connectivity index (χ0v) is 23.8. The quantitative estimate of drug-likeness (QED) is 0.301. The van der Waals surface area contributed by atoms with Gasteiger partial charge in [-0.15, -0.1) is 0 Å². The van der Waals surface area contributed by atoms with Gasteiger partial charge < -0.3 is 10.2 Å². The van der Waals surface area contributed by atoms with E-state index >= 15 is 0 Å². The Balaban J connectivity index is 1.39. The van der Waals surface area contributed by atoms with Gasteiger partial charge in [0.1, 0.15) is 5.82 Å². The van der Waals surface area contributed by atoms with E-state index in [9.17, 15) is 27.6 Å². The summed E-state index contributed by atoms with van der Waals surface area (Å²) in [4.78, 5) is 46.4. The Morgan fingerprint density at radius 3 is 2.45 bits per heavy atom. The van der Waals surface area contributed by atoms with Gasteiger partial charge in [0.25, 0.3) is 5.91 Å². The molecule has 2 atom stereocenters. The van der Waals surface area contributed by atoms with Crippen LogP contribution >= 0.6 is 0 Å². The monoisotopic (exact) mass is 595 g/mol. The van der Waals surface area contributed by atoms with E-state index in [1.54, 1.807) is 31.3 Å². The fourth-order valence-electron chi connectivity index (χ4n) is 5.84. The van der Waals surface area contributed by atoms with Crippen molar-refractivity contribution in [2.45, 2.75) is 37.8 Å². The maximum Gasteiger partial charge on any atom is 0.272 e. The largest absolute Gasteiger partial charge is 0.326 e. The fraction of sp³-hybridized carbons (Fsp3) is 0.200. The molecule has 1 heterocycles. The van der Waals surface area contributed by atoms with Gasteiger partial charge in [0.2, 0.25) is 12.1 Å². The Bertz CT molecular complexity index is 1820. The molecule has 4 aromatic carbocycles. The number of ketones is 1. The summed E-state index contributed by atoms with van der Waals surface area (Å²) in [5, 5.41) is 2.77. The van der Waals surface area contributed by atoms with Crippen LogP contribution in [0.1, 0.15) is 56.9 Å². The predicted molar refractivity (Wildman–Crippen MR) is 160 cm³/mol. The molecule has 0 saturated carbocycles. The molecular formula is C35H28F3N3O3. The van der Waals surface area contributed by atoms with E-state index in [2.05, 4.69) is 5.32 Å². The maximum absolute atomic E-state index is 14.0. The van der Waals surface area contributed by atoms with Crippen LogP contribution < -0.4 is 10.2 Å². The molecule has 6 rings (SSSR count). The number of likely N-dealkylation sites (N-methyl/N-ethyl adjacent to an activating group) is 1. The third kappa shape index (κ3) is 5.65. The first-order valence-electron chi connectivity index (χ1n) is 14.3. The summed E-state index contributed by atoms with van der Waals surface area (Å²) >= 11 is 0. The molecule has 1 N–H and O–H groups in total. The predicted octanol–water partition coefficient (Wildman–Crippen LogP) is 5.91. The Morgan fingerprint density at radius 1 is 0.909 bits per heavy atom. The summed E-state index contributed by atoms with van der Waals surface area (Å²) in [6.07, 6.45) is 0.623. The molecule has 0 spiro atoms. The minimum atomic E-state index is -1.33. The second kappa shape index (κ2) is 11.9. The van der Waals surface area contributed by atoms with E-state index in [4.69, 9.17) is 4.99 Å². The molecule has 1 aliphatic carbocycles. The van der Waals surface area contributed by atoms with Crippen molar-refractivity contribution >= 4 is 29.0 Å². The van der Waals surface area contributed by atoms with Gasteiger partial charge in [-0.25, -0.2) is 18.2 Å². The van der Waals surface area contributed by atoms with Gasteiger partial charge in [0.05, 0.1) is 17.3 Å². The first-order chi connectivity index (χ1) is 21.2. The van der Waals surface area contributed by atoms with Gasteiger partial charge in [0.15, 0.2) is 17.4 Å². The number of hydrogen-bond acceptors (Lipinski definition) is 4. The third-order valence-electron chi connectivity index (χ3n) is 8.16. The van der Waals surface area contributed by atoms with Crippen LogP contribution in [0, 0.1) is 17.5 Å². The molecule has 0 aromatic heterocycles. The number of amides is 2. The Labute approximate surface area is 252 Å². The Morgan fingerprint density at radius 2 is 1.68 bits per heavy atom. The highest BCUT2D eigenvalue weighted by Gasteiger charge is 2.33. The molecule has 2 aliphatic rings. The minimum Gasteiger partial charge on any atom is -0.326 e. The van der Waals surface area contributed by atoms with Crippen molar-refractivity contribution in [1.29, 1.82) is 0 Å². The lowest BCUT2D eigenvalue weighted by Gasteiger charge is -2.23. The lowest BCUT2D eigenvalue weighted by molar-refractivity contribution is -0.128. The lowest BCUT2D eigenvalue weighted by Crippen LogP contribution is -2.47. The number of Topliss-reactive ketones (excluding diaryl/α,β-unsaturated/α-hetero) is 1. The van der Waals surface area contributed by atoms with Gasteiger partial charge in [-0.2, -0.15) is 0 Å². The van der Waals surface area contributed by atoms with Crippen molar-refractivity contribution in [1.82, 2.24) is 5.32 Å². The first-order valence-corrected chi connectivity index (χ1v) is 14.3. The van der Waals surface area contributed by atoms with Crippen LogP contribution in [0.4, 0.5) is 18.9 Å². The minimum absolute atomic E-state index is 0.0406. The number of anilines is 1. The van der Waals surface area contributed by atoms with Crippen LogP contribution in [0.25, 0.3) is 0 Å². The molecule has 1 unspecified atom stereocenters. The molecule has 44 heavy (non-hydrogen) atoms. The van der Waals surface area contributed by atoms with Crippen molar-refractivity contribution in [3.05, 3.63) is 136 Å². The number of rotatable bonds is 6. The third-order valence-corrected chi connectivity index (χ3v) is 8.16. The van der Waals surface area contributed by atoms with E-state index in [0.29, 0.717) is 45.6 Å². The van der Waals surface area contributed by atoms with Crippen molar-refractivity contribution in [3.63, 3.8) is 0 Å². The Kier molecular flexibility index (Phi) is 7.86. The number of nitrogens with one attached hydrogen (secondary N) is 1. The number of para-hydroxylation sites is 1. The summed E-state index contributed by atoms with van der Waals surface area (Å²) in [5.41, 5.74) is 4.81. The highest BCUT2D eigenvalue weighted by molar-refractivity contribution is 6.20. The van der Waals surface area contributed by atoms with Gasteiger partial charge in [-0.3, -0.25) is 14.4 Å². The zero-order chi connectivity index (χ0) is 31.0. The van der Waals surface area contributed by atoms with Gasteiger partial charge in [0, 0.05) is 30.2 Å². The molecule has 0 saturated heterocycles. The molecule has 6 nitrogen and oxygen atoms in total. The van der Waals surface area contributed by atoms with E-state index in [0.717, 1.165) is 30.5 Å². The molecule has 222 valence electrons. The van der Waals surface area contributed by atoms with Crippen LogP contribution in [-0.2, 0) is 22.4 Å². The zero-order valence-electron chi connectivity index (χ0n) is 23.8. The summed E-state index contributed by atoms with van der Waals surface area (Å²) in [7, 11) is 1.60. The standard InChI is InChI=1S/C35H28F3N3O3/c1-41-30-7-3-2-6-26(30)32(23-12-15-25-22(19-23)5-4-8-31(25)42)39-33(35(41)44)40-34(43)27(21-10-13-24(36)14-11-21)17-20-9-16-28(37)29(38)18-20/h2-3,6-7,9-16,18-19,27,33H,4-5,8,17H2,1H3,(H,40,43)/t27-,33?/m1/s1. The highest BCUT2D eigenvalue weighted by atomic mass is 19.2. The highest BCUT2D eigenvalue weighted by Crippen LogP contribution is 2.30.